The number of likely N-dealkylation sites (N-methyl/N-ethyl adjacent to an activating group) is 1. The molecule has 274 valence electrons. The van der Waals surface area contributed by atoms with Crippen LogP contribution in [0.25, 0.3) is 22.3 Å². The van der Waals surface area contributed by atoms with Gasteiger partial charge in [-0.25, -0.2) is 0 Å². The van der Waals surface area contributed by atoms with Crippen molar-refractivity contribution in [1.82, 2.24) is 26.2 Å². The van der Waals surface area contributed by atoms with E-state index >= 15 is 0 Å². The minimum absolute atomic E-state index is 0.0770. The number of amides is 5. The van der Waals surface area contributed by atoms with Gasteiger partial charge in [-0.3, -0.25) is 28.8 Å². The number of nitrogens with zero attached hydrogens (tertiary/aromatic N) is 1. The highest BCUT2D eigenvalue weighted by atomic mass is 35.5. The summed E-state index contributed by atoms with van der Waals surface area (Å²) < 4.78 is 0. The number of rotatable bonds is 9. The van der Waals surface area contributed by atoms with Gasteiger partial charge in [0.05, 0.1) is 25.5 Å². The van der Waals surface area contributed by atoms with Crippen LogP contribution in [0.1, 0.15) is 27.5 Å². The third kappa shape index (κ3) is 9.50. The zero-order valence-corrected chi connectivity index (χ0v) is 29.8. The van der Waals surface area contributed by atoms with Crippen LogP contribution < -0.4 is 21.3 Å². The maximum atomic E-state index is 13.7. The lowest BCUT2D eigenvalue weighted by molar-refractivity contribution is -0.139. The molecule has 0 fully saturated rings. The number of carbonyl (C=O) groups is 6. The SMILES string of the molecule is CN(C(=O)CNC(=O)c1ccc(-c2ccc(Cl)cc2)cc1)C1C(=O)NCC(=O)NC(C(=O)NCC(=O)CCl)Cc2ccc(O)c(c2)-c2cc1ccc2O. The molecule has 15 heteroatoms. The van der Waals surface area contributed by atoms with Crippen molar-refractivity contribution in [2.75, 3.05) is 32.6 Å². The average Bonchev–Trinajstić information content (AvgIpc) is 3.16. The van der Waals surface area contributed by atoms with Gasteiger partial charge in [-0.1, -0.05) is 48.0 Å². The molecular weight excluding hydrogens is 725 g/mol. The van der Waals surface area contributed by atoms with Gasteiger partial charge in [-0.05, 0) is 70.8 Å². The Morgan fingerprint density at radius 2 is 1.45 bits per heavy atom. The Labute approximate surface area is 314 Å². The number of carbonyl (C=O) groups excluding carboxylic acids is 6. The lowest BCUT2D eigenvalue weighted by Gasteiger charge is -2.29. The first kappa shape index (κ1) is 38.3. The first-order chi connectivity index (χ1) is 25.3. The monoisotopic (exact) mass is 759 g/mol. The molecule has 0 aliphatic carbocycles. The van der Waals surface area contributed by atoms with Gasteiger partial charge in [0.2, 0.25) is 23.6 Å². The quantitative estimate of drug-likeness (QED) is 0.140. The van der Waals surface area contributed by atoms with Crippen molar-refractivity contribution < 1.29 is 39.0 Å². The van der Waals surface area contributed by atoms with E-state index < -0.39 is 60.5 Å². The summed E-state index contributed by atoms with van der Waals surface area (Å²) in [5.41, 5.74) is 3.01. The molecule has 13 nitrogen and oxygen atoms in total. The molecule has 1 aliphatic rings. The number of phenolic OH excluding ortho intramolecular Hbond substituents is 2. The fourth-order valence-corrected chi connectivity index (χ4v) is 5.93. The fourth-order valence-electron chi connectivity index (χ4n) is 5.71. The zero-order chi connectivity index (χ0) is 38.2. The third-order valence-electron chi connectivity index (χ3n) is 8.56. The number of aromatic hydroxyl groups is 2. The van der Waals surface area contributed by atoms with Gasteiger partial charge < -0.3 is 36.4 Å². The van der Waals surface area contributed by atoms with Crippen molar-refractivity contribution in [3.63, 3.8) is 0 Å². The van der Waals surface area contributed by atoms with E-state index in [4.69, 9.17) is 23.2 Å². The molecule has 6 N–H and O–H groups in total. The van der Waals surface area contributed by atoms with E-state index in [0.29, 0.717) is 16.1 Å². The number of benzene rings is 4. The van der Waals surface area contributed by atoms with Crippen molar-refractivity contribution >= 4 is 58.5 Å². The maximum absolute atomic E-state index is 13.7. The highest BCUT2D eigenvalue weighted by Crippen LogP contribution is 2.38. The molecule has 5 amide bonds. The molecule has 1 aliphatic heterocycles. The Morgan fingerprint density at radius 1 is 0.830 bits per heavy atom. The molecule has 1 heterocycles. The summed E-state index contributed by atoms with van der Waals surface area (Å²) in [6.45, 7) is -1.45. The van der Waals surface area contributed by atoms with Gasteiger partial charge in [0.1, 0.15) is 23.6 Å². The lowest BCUT2D eigenvalue weighted by Crippen LogP contribution is -2.52. The Balaban J connectivity index is 1.38. The molecule has 4 aromatic carbocycles. The Kier molecular flexibility index (Phi) is 12.3. The van der Waals surface area contributed by atoms with Crippen molar-refractivity contribution in [2.24, 2.45) is 0 Å². The number of nitrogens with one attached hydrogen (secondary N) is 4. The van der Waals surface area contributed by atoms with Crippen LogP contribution in [0.4, 0.5) is 0 Å². The van der Waals surface area contributed by atoms with E-state index in [-0.39, 0.29) is 47.0 Å². The highest BCUT2D eigenvalue weighted by molar-refractivity contribution is 6.30. The third-order valence-corrected chi connectivity index (χ3v) is 9.11. The first-order valence-electron chi connectivity index (χ1n) is 16.3. The number of Topliss-reactive ketones (excluding diaryl/α,β-unsaturated/α-hetero) is 1. The minimum Gasteiger partial charge on any atom is -0.507 e. The van der Waals surface area contributed by atoms with Crippen LogP contribution in [0, 0.1) is 0 Å². The predicted octanol–water partition coefficient (Wildman–Crippen LogP) is 3.10. The largest absolute Gasteiger partial charge is 0.507 e. The summed E-state index contributed by atoms with van der Waals surface area (Å²) in [6, 6.07) is 19.9. The molecule has 2 unspecified atom stereocenters. The van der Waals surface area contributed by atoms with E-state index in [1.54, 1.807) is 36.4 Å². The molecule has 5 rings (SSSR count). The molecule has 0 radical (unpaired) electrons. The Hall–Kier alpha value is -5.92. The number of hydrogen-bond donors (Lipinski definition) is 6. The first-order valence-corrected chi connectivity index (χ1v) is 17.2. The van der Waals surface area contributed by atoms with Gasteiger partial charge in [-0.2, -0.15) is 0 Å². The van der Waals surface area contributed by atoms with Gasteiger partial charge in [0.25, 0.3) is 5.91 Å². The van der Waals surface area contributed by atoms with E-state index in [9.17, 15) is 39.0 Å². The van der Waals surface area contributed by atoms with E-state index in [1.807, 2.05) is 12.1 Å². The van der Waals surface area contributed by atoms with E-state index in [0.717, 1.165) is 16.0 Å². The minimum atomic E-state index is -1.38. The summed E-state index contributed by atoms with van der Waals surface area (Å²) in [5, 5.41) is 32.3. The van der Waals surface area contributed by atoms with Crippen LogP contribution in [-0.4, -0.2) is 89.0 Å². The second-order valence-electron chi connectivity index (χ2n) is 12.2. The van der Waals surface area contributed by atoms with Crippen LogP contribution in [0.2, 0.25) is 5.02 Å². The van der Waals surface area contributed by atoms with Gasteiger partial charge in [-0.15, -0.1) is 11.6 Å². The van der Waals surface area contributed by atoms with Crippen LogP contribution in [0.15, 0.2) is 84.9 Å². The van der Waals surface area contributed by atoms with Crippen LogP contribution >= 0.6 is 23.2 Å². The summed E-state index contributed by atoms with van der Waals surface area (Å²) >= 11 is 11.5. The molecule has 53 heavy (non-hydrogen) atoms. The molecular formula is C38H35Cl2N5O8. The fraction of sp³-hybridized carbons (Fsp3) is 0.211. The van der Waals surface area contributed by atoms with Crippen LogP contribution in [-0.2, 0) is 30.4 Å². The second-order valence-corrected chi connectivity index (χ2v) is 12.9. The molecule has 0 saturated heterocycles. The lowest BCUT2D eigenvalue weighted by atomic mass is 9.94. The van der Waals surface area contributed by atoms with Gasteiger partial charge >= 0.3 is 0 Å². The van der Waals surface area contributed by atoms with Crippen LogP contribution in [0.5, 0.6) is 11.5 Å². The molecule has 4 aromatic rings. The normalized spacial score (nSPS) is 15.6. The number of ketones is 1. The van der Waals surface area contributed by atoms with Gasteiger partial charge in [0.15, 0.2) is 5.78 Å². The average molecular weight is 761 g/mol. The molecule has 4 bridgehead atoms. The number of hydrogen-bond acceptors (Lipinski definition) is 8. The molecule has 0 saturated carbocycles. The number of alkyl halides is 1. The number of phenols is 2. The number of fused-ring (bicyclic) bond motifs is 5. The molecule has 0 aromatic heterocycles. The standard InChI is InChI=1S/C38H35Cl2N5O8/c1-45(34(50)20-43-36(51)24-5-3-22(4-6-24)23-7-10-26(40)11-8-23)35-25-9-13-32(48)29(16-25)28-14-21(2-12-31(28)47)15-30(37(52)41-18-27(46)17-39)44-33(49)19-42-38(35)53/h2-14,16,30,35,47-48H,15,17-20H2,1H3,(H,41,52)(H,42,53)(H,43,51)(H,44,49). The summed E-state index contributed by atoms with van der Waals surface area (Å²) in [4.78, 5) is 79.2. The summed E-state index contributed by atoms with van der Waals surface area (Å²) in [6.07, 6.45) is -0.0770. The van der Waals surface area contributed by atoms with E-state index in [1.165, 1.54) is 43.4 Å². The summed E-state index contributed by atoms with van der Waals surface area (Å²) in [7, 11) is 1.34. The van der Waals surface area contributed by atoms with Crippen molar-refractivity contribution in [1.29, 1.82) is 0 Å². The highest BCUT2D eigenvalue weighted by Gasteiger charge is 2.31. The topological polar surface area (TPSA) is 194 Å². The molecule has 0 spiro atoms. The Morgan fingerprint density at radius 3 is 2.11 bits per heavy atom. The predicted molar refractivity (Wildman–Crippen MR) is 197 cm³/mol. The van der Waals surface area contributed by atoms with Crippen molar-refractivity contribution in [3.05, 3.63) is 107 Å². The van der Waals surface area contributed by atoms with Crippen molar-refractivity contribution in [3.8, 4) is 33.8 Å². The Bertz CT molecular complexity index is 2060. The zero-order valence-electron chi connectivity index (χ0n) is 28.3. The van der Waals surface area contributed by atoms with Crippen molar-refractivity contribution in [2.45, 2.75) is 18.5 Å². The smallest absolute Gasteiger partial charge is 0.251 e. The maximum Gasteiger partial charge on any atom is 0.251 e. The van der Waals surface area contributed by atoms with E-state index in [2.05, 4.69) is 21.3 Å². The van der Waals surface area contributed by atoms with Gasteiger partial charge in [0, 0.05) is 35.2 Å². The van der Waals surface area contributed by atoms with Crippen LogP contribution in [0.3, 0.4) is 0 Å². The number of halogens is 2. The second kappa shape index (κ2) is 17.1. The molecule has 2 atom stereocenters. The summed E-state index contributed by atoms with van der Waals surface area (Å²) in [5.74, 6) is -4.69.